The fourth-order valence-corrected chi connectivity index (χ4v) is 9.09. The van der Waals surface area contributed by atoms with Crippen molar-refractivity contribution in [3.05, 3.63) is 198 Å². The number of hydrogen-bond donors (Lipinski definition) is 0. The molecule has 2 aromatic heterocycles. The standard InChI is InChI=1S/C57H48FN4O.Pt/c1-35(2)50-30-41(40-13-12-14-43(58)27-40)31-51(36(3)4)57(50)61-34-60(53-17-10-11-18-54(53)61)44-28-42(47-21-19-37(5)25-39(47)7)29-46(32-44)63-45-20-22-49-48-15-8-9-16-52(48)62(55(49)33-45)56-26-38(6)23-24-59-56;/h8-31,34-36H,1-7H3;/q-3;. The molecule has 0 bridgehead atoms. The molecule has 322 valence electrons. The Labute approximate surface area is 390 Å². The van der Waals surface area contributed by atoms with Crippen LogP contribution in [0, 0.1) is 45.4 Å². The van der Waals surface area contributed by atoms with E-state index < -0.39 is 0 Å². The summed E-state index contributed by atoms with van der Waals surface area (Å²) in [6.07, 6.45) is 1.85. The van der Waals surface area contributed by atoms with Gasteiger partial charge >= 0.3 is 0 Å². The number of halogens is 1. The number of hydrogen-bond acceptors (Lipinski definition) is 4. The van der Waals surface area contributed by atoms with Crippen molar-refractivity contribution in [3.63, 3.8) is 0 Å². The third kappa shape index (κ3) is 7.79. The third-order valence-electron chi connectivity index (χ3n) is 12.1. The number of ether oxygens (including phenoxy) is 1. The molecular formula is C57H48FN4OPt-3. The summed E-state index contributed by atoms with van der Waals surface area (Å²) in [7, 11) is 0. The van der Waals surface area contributed by atoms with Crippen molar-refractivity contribution >= 4 is 44.6 Å². The molecule has 0 N–H and O–H groups in total. The van der Waals surface area contributed by atoms with E-state index in [4.69, 9.17) is 9.72 Å². The van der Waals surface area contributed by atoms with Gasteiger partial charge in [-0.3, -0.25) is 0 Å². The number of rotatable bonds is 9. The number of aromatic nitrogens is 2. The topological polar surface area (TPSA) is 33.5 Å². The Balaban J connectivity index is 0.00000518. The summed E-state index contributed by atoms with van der Waals surface area (Å²) in [5.74, 6) is 2.12. The Morgan fingerprint density at radius 2 is 1.33 bits per heavy atom. The van der Waals surface area contributed by atoms with E-state index >= 15 is 0 Å². The molecule has 7 heteroatoms. The van der Waals surface area contributed by atoms with Crippen LogP contribution in [-0.4, -0.2) is 9.55 Å². The zero-order valence-corrected chi connectivity index (χ0v) is 39.3. The van der Waals surface area contributed by atoms with Crippen LogP contribution in [-0.2, 0) is 21.1 Å². The minimum absolute atomic E-state index is 0. The van der Waals surface area contributed by atoms with Crippen LogP contribution in [0.1, 0.15) is 67.3 Å². The number of aryl methyl sites for hydroxylation is 3. The fraction of sp³-hybridized carbons (Fsp3) is 0.158. The van der Waals surface area contributed by atoms with E-state index in [-0.39, 0.29) is 38.7 Å². The molecule has 0 amide bonds. The van der Waals surface area contributed by atoms with Gasteiger partial charge in [0.25, 0.3) is 0 Å². The SMILES string of the molecule is Cc1ccnc(-n2c3[c-]c(Oc4[c-]c(N5[CH-]N(c6c(C(C)C)cc(-c7cccc(F)c7)cc6C(C)C)c6ccccc65)cc(-c5ccc(C)cc5C)c4)ccc3c3ccccc32)c1.[Pt]. The molecule has 0 fully saturated rings. The van der Waals surface area contributed by atoms with Gasteiger partial charge in [0.05, 0.1) is 0 Å². The Morgan fingerprint density at radius 1 is 0.609 bits per heavy atom. The molecule has 0 spiro atoms. The molecule has 9 aromatic rings. The third-order valence-corrected chi connectivity index (χ3v) is 12.1. The van der Waals surface area contributed by atoms with Gasteiger partial charge in [0.15, 0.2) is 0 Å². The number of anilines is 4. The van der Waals surface area contributed by atoms with E-state index in [1.807, 2.05) is 24.4 Å². The van der Waals surface area contributed by atoms with Gasteiger partial charge in [0, 0.05) is 61.3 Å². The Morgan fingerprint density at radius 3 is 2.05 bits per heavy atom. The Bertz CT molecular complexity index is 3190. The predicted octanol–water partition coefficient (Wildman–Crippen LogP) is 15.6. The maximum absolute atomic E-state index is 14.6. The summed E-state index contributed by atoms with van der Waals surface area (Å²) in [5, 5.41) is 2.20. The van der Waals surface area contributed by atoms with Gasteiger partial charge in [-0.15, -0.1) is 53.6 Å². The van der Waals surface area contributed by atoms with Crippen LogP contribution in [0.2, 0.25) is 0 Å². The number of nitrogens with zero attached hydrogens (tertiary/aromatic N) is 4. The molecule has 0 saturated heterocycles. The minimum atomic E-state index is -0.241. The monoisotopic (exact) mass is 1020 g/mol. The van der Waals surface area contributed by atoms with Gasteiger partial charge in [-0.2, -0.15) is 6.07 Å². The van der Waals surface area contributed by atoms with Crippen LogP contribution in [0.25, 0.3) is 49.9 Å². The molecule has 7 aromatic carbocycles. The van der Waals surface area contributed by atoms with Crippen molar-refractivity contribution in [2.24, 2.45) is 0 Å². The second-order valence-corrected chi connectivity index (χ2v) is 17.3. The predicted molar refractivity (Wildman–Crippen MR) is 257 cm³/mol. The van der Waals surface area contributed by atoms with Crippen molar-refractivity contribution in [1.29, 1.82) is 0 Å². The van der Waals surface area contributed by atoms with Crippen molar-refractivity contribution < 1.29 is 30.2 Å². The first-order valence-corrected chi connectivity index (χ1v) is 21.7. The molecule has 5 nitrogen and oxygen atoms in total. The number of pyridine rings is 1. The zero-order chi connectivity index (χ0) is 43.5. The first kappa shape index (κ1) is 42.8. The normalized spacial score (nSPS) is 12.4. The zero-order valence-electron chi connectivity index (χ0n) is 37.0. The smallest absolute Gasteiger partial charge is 0.135 e. The molecule has 0 aliphatic carbocycles. The maximum Gasteiger partial charge on any atom is 0.135 e. The van der Waals surface area contributed by atoms with Crippen LogP contribution >= 0.6 is 0 Å². The largest absolute Gasteiger partial charge is 0.509 e. The Hall–Kier alpha value is -6.49. The molecule has 1 aliphatic heterocycles. The molecule has 64 heavy (non-hydrogen) atoms. The van der Waals surface area contributed by atoms with Crippen LogP contribution in [0.15, 0.2) is 146 Å². The van der Waals surface area contributed by atoms with Crippen LogP contribution in [0.5, 0.6) is 11.5 Å². The summed E-state index contributed by atoms with van der Waals surface area (Å²) in [4.78, 5) is 9.33. The van der Waals surface area contributed by atoms with Crippen molar-refractivity contribution in [2.75, 3.05) is 9.80 Å². The molecule has 0 radical (unpaired) electrons. The maximum atomic E-state index is 14.6. The van der Waals surface area contributed by atoms with E-state index in [9.17, 15) is 4.39 Å². The molecule has 10 rings (SSSR count). The summed E-state index contributed by atoms with van der Waals surface area (Å²) < 4.78 is 23.6. The molecule has 3 heterocycles. The summed E-state index contributed by atoms with van der Waals surface area (Å²) in [6, 6.07) is 54.7. The molecular weight excluding hydrogens is 971 g/mol. The van der Waals surface area contributed by atoms with Crippen LogP contribution in [0.4, 0.5) is 27.1 Å². The fourth-order valence-electron chi connectivity index (χ4n) is 9.09. The van der Waals surface area contributed by atoms with Gasteiger partial charge < -0.3 is 19.1 Å². The van der Waals surface area contributed by atoms with E-state index in [0.29, 0.717) is 11.5 Å². The molecule has 0 unspecified atom stereocenters. The van der Waals surface area contributed by atoms with Crippen LogP contribution < -0.4 is 14.5 Å². The minimum Gasteiger partial charge on any atom is -0.509 e. The average Bonchev–Trinajstić information content (AvgIpc) is 3.82. The van der Waals surface area contributed by atoms with Gasteiger partial charge in [0.1, 0.15) is 11.6 Å². The first-order chi connectivity index (χ1) is 30.5. The number of benzene rings is 7. The van der Waals surface area contributed by atoms with Gasteiger partial charge in [-0.25, -0.2) is 9.37 Å². The van der Waals surface area contributed by atoms with Gasteiger partial charge in [-0.05, 0) is 132 Å². The van der Waals surface area contributed by atoms with Crippen molar-refractivity contribution in [1.82, 2.24) is 9.55 Å². The summed E-state index contributed by atoms with van der Waals surface area (Å²) >= 11 is 0. The first-order valence-electron chi connectivity index (χ1n) is 21.7. The molecule has 1 aliphatic rings. The second-order valence-electron chi connectivity index (χ2n) is 17.3. The van der Waals surface area contributed by atoms with Crippen molar-refractivity contribution in [3.8, 4) is 39.6 Å². The average molecular weight is 1020 g/mol. The van der Waals surface area contributed by atoms with E-state index in [0.717, 1.165) is 78.2 Å². The van der Waals surface area contributed by atoms with Crippen molar-refractivity contribution in [2.45, 2.75) is 60.3 Å². The van der Waals surface area contributed by atoms with Gasteiger partial charge in [0.2, 0.25) is 0 Å². The van der Waals surface area contributed by atoms with Crippen LogP contribution in [0.3, 0.4) is 0 Å². The summed E-state index contributed by atoms with van der Waals surface area (Å²) in [5.41, 5.74) is 15.9. The second kappa shape index (κ2) is 17.2. The van der Waals surface area contributed by atoms with Gasteiger partial charge in [-0.1, -0.05) is 99.4 Å². The number of para-hydroxylation sites is 3. The quantitative estimate of drug-likeness (QED) is 0.135. The van der Waals surface area contributed by atoms with E-state index in [1.165, 1.54) is 28.3 Å². The molecule has 0 atom stereocenters. The molecule has 0 saturated carbocycles. The summed E-state index contributed by atoms with van der Waals surface area (Å²) in [6.45, 7) is 17.5. The number of fused-ring (bicyclic) bond motifs is 4. The Kier molecular flexibility index (Phi) is 11.5. The van der Waals surface area contributed by atoms with E-state index in [1.54, 1.807) is 12.1 Å². The van der Waals surface area contributed by atoms with E-state index in [2.05, 4.69) is 185 Å².